The third kappa shape index (κ3) is 1.73. The zero-order valence-electron chi connectivity index (χ0n) is 8.61. The first-order valence-electron chi connectivity index (χ1n) is 5.23. The molecule has 0 bridgehead atoms. The van der Waals surface area contributed by atoms with Crippen LogP contribution in [0.25, 0.3) is 0 Å². The first kappa shape index (κ1) is 9.46. The lowest BCUT2D eigenvalue weighted by molar-refractivity contribution is 0.727. The van der Waals surface area contributed by atoms with Gasteiger partial charge in [-0.05, 0) is 31.4 Å². The lowest BCUT2D eigenvalue weighted by Crippen LogP contribution is -2.27. The predicted molar refractivity (Wildman–Crippen MR) is 58.2 cm³/mol. The lowest BCUT2D eigenvalue weighted by atomic mass is 10.2. The zero-order valence-corrected chi connectivity index (χ0v) is 8.61. The molecule has 0 spiro atoms. The summed E-state index contributed by atoms with van der Waals surface area (Å²) >= 11 is 0. The molecule has 1 aliphatic heterocycles. The Morgan fingerprint density at radius 2 is 2.43 bits per heavy atom. The molecule has 1 saturated heterocycles. The third-order valence-corrected chi connectivity index (χ3v) is 2.89. The Kier molecular flexibility index (Phi) is 2.68. The quantitative estimate of drug-likeness (QED) is 0.770. The minimum Gasteiger partial charge on any atom is -0.354 e. The molecule has 2 rings (SSSR count). The lowest BCUT2D eigenvalue weighted by Gasteiger charge is -2.22. The van der Waals surface area contributed by atoms with Crippen molar-refractivity contribution in [2.75, 3.05) is 11.4 Å². The van der Waals surface area contributed by atoms with Gasteiger partial charge in [0, 0.05) is 25.3 Å². The molecule has 2 heterocycles. The Morgan fingerprint density at radius 3 is 2.93 bits per heavy atom. The van der Waals surface area contributed by atoms with Crippen LogP contribution >= 0.6 is 0 Å². The second-order valence-electron chi connectivity index (χ2n) is 3.91. The summed E-state index contributed by atoms with van der Waals surface area (Å²) in [5.74, 6) is 1.09. The van der Waals surface area contributed by atoms with Gasteiger partial charge in [-0.2, -0.15) is 0 Å². The van der Waals surface area contributed by atoms with Gasteiger partial charge in [-0.15, -0.1) is 0 Å². The summed E-state index contributed by atoms with van der Waals surface area (Å²) in [6.07, 6.45) is 4.43. The van der Waals surface area contributed by atoms with Crippen LogP contribution in [0.4, 0.5) is 5.82 Å². The standard InChI is InChI=1S/C11H17N3/c1-9-3-2-6-14(9)11-5-4-10(7-12)8-13-11/h4-5,8-9H,2-3,6-7,12H2,1H3/t9-/m0/s1. The van der Waals surface area contributed by atoms with Crippen molar-refractivity contribution < 1.29 is 0 Å². The number of anilines is 1. The van der Waals surface area contributed by atoms with Gasteiger partial charge in [0.2, 0.25) is 0 Å². The van der Waals surface area contributed by atoms with Gasteiger partial charge >= 0.3 is 0 Å². The molecule has 1 aromatic rings. The Labute approximate surface area is 84.9 Å². The molecule has 3 nitrogen and oxygen atoms in total. The van der Waals surface area contributed by atoms with Gasteiger partial charge in [-0.1, -0.05) is 6.07 Å². The minimum atomic E-state index is 0.572. The van der Waals surface area contributed by atoms with Crippen molar-refractivity contribution in [2.45, 2.75) is 32.4 Å². The van der Waals surface area contributed by atoms with Gasteiger partial charge in [0.05, 0.1) is 0 Å². The highest BCUT2D eigenvalue weighted by atomic mass is 15.2. The molecular formula is C11H17N3. The smallest absolute Gasteiger partial charge is 0.128 e. The predicted octanol–water partition coefficient (Wildman–Crippen LogP) is 1.53. The molecule has 14 heavy (non-hydrogen) atoms. The molecule has 0 radical (unpaired) electrons. The largest absolute Gasteiger partial charge is 0.354 e. The fourth-order valence-corrected chi connectivity index (χ4v) is 1.98. The number of pyridine rings is 1. The number of hydrogen-bond donors (Lipinski definition) is 1. The van der Waals surface area contributed by atoms with Crippen LogP contribution in [-0.2, 0) is 6.54 Å². The second-order valence-corrected chi connectivity index (χ2v) is 3.91. The minimum absolute atomic E-state index is 0.572. The molecule has 1 fully saturated rings. The molecule has 0 saturated carbocycles. The normalized spacial score (nSPS) is 21.6. The Hall–Kier alpha value is -1.09. The number of rotatable bonds is 2. The van der Waals surface area contributed by atoms with Gasteiger partial charge in [0.1, 0.15) is 5.82 Å². The maximum Gasteiger partial charge on any atom is 0.128 e. The number of nitrogens with zero attached hydrogens (tertiary/aromatic N) is 2. The maximum absolute atomic E-state index is 5.53. The van der Waals surface area contributed by atoms with Gasteiger partial charge in [-0.25, -0.2) is 4.98 Å². The van der Waals surface area contributed by atoms with Crippen LogP contribution in [0.2, 0.25) is 0 Å². The van der Waals surface area contributed by atoms with Crippen molar-refractivity contribution in [3.8, 4) is 0 Å². The van der Waals surface area contributed by atoms with E-state index in [1.165, 1.54) is 12.8 Å². The fourth-order valence-electron chi connectivity index (χ4n) is 1.98. The van der Waals surface area contributed by atoms with Gasteiger partial charge in [-0.3, -0.25) is 0 Å². The maximum atomic E-state index is 5.53. The Bertz CT molecular complexity index is 294. The van der Waals surface area contributed by atoms with E-state index in [0.29, 0.717) is 12.6 Å². The van der Waals surface area contributed by atoms with Crippen molar-refractivity contribution in [3.05, 3.63) is 23.9 Å². The van der Waals surface area contributed by atoms with Crippen molar-refractivity contribution in [1.29, 1.82) is 0 Å². The summed E-state index contributed by atoms with van der Waals surface area (Å²) in [7, 11) is 0. The average Bonchev–Trinajstić information content (AvgIpc) is 2.65. The van der Waals surface area contributed by atoms with Crippen molar-refractivity contribution in [3.63, 3.8) is 0 Å². The average molecular weight is 191 g/mol. The molecule has 2 N–H and O–H groups in total. The van der Waals surface area contributed by atoms with E-state index >= 15 is 0 Å². The summed E-state index contributed by atoms with van der Waals surface area (Å²) in [6.45, 7) is 3.96. The molecule has 1 aliphatic rings. The number of hydrogen-bond acceptors (Lipinski definition) is 3. The van der Waals surface area contributed by atoms with Crippen molar-refractivity contribution in [2.24, 2.45) is 5.73 Å². The molecule has 0 aromatic carbocycles. The highest BCUT2D eigenvalue weighted by molar-refractivity contribution is 5.41. The van der Waals surface area contributed by atoms with E-state index in [1.807, 2.05) is 6.20 Å². The number of aromatic nitrogens is 1. The zero-order chi connectivity index (χ0) is 9.97. The summed E-state index contributed by atoms with van der Waals surface area (Å²) in [5, 5.41) is 0. The summed E-state index contributed by atoms with van der Waals surface area (Å²) < 4.78 is 0. The number of nitrogens with two attached hydrogens (primary N) is 1. The van der Waals surface area contributed by atoms with E-state index in [4.69, 9.17) is 5.73 Å². The molecule has 76 valence electrons. The van der Waals surface area contributed by atoms with E-state index in [-0.39, 0.29) is 0 Å². The highest BCUT2D eigenvalue weighted by Crippen LogP contribution is 2.22. The molecule has 0 amide bonds. The van der Waals surface area contributed by atoms with Gasteiger partial charge in [0.25, 0.3) is 0 Å². The van der Waals surface area contributed by atoms with Crippen LogP contribution < -0.4 is 10.6 Å². The molecular weight excluding hydrogens is 174 g/mol. The van der Waals surface area contributed by atoms with Crippen LogP contribution in [0, 0.1) is 0 Å². The second kappa shape index (κ2) is 3.96. The van der Waals surface area contributed by atoms with E-state index in [1.54, 1.807) is 0 Å². The van der Waals surface area contributed by atoms with Crippen LogP contribution in [-0.4, -0.2) is 17.6 Å². The topological polar surface area (TPSA) is 42.1 Å². The highest BCUT2D eigenvalue weighted by Gasteiger charge is 2.20. The Balaban J connectivity index is 2.16. The van der Waals surface area contributed by atoms with Crippen LogP contribution in [0.1, 0.15) is 25.3 Å². The fraction of sp³-hybridized carbons (Fsp3) is 0.545. The molecule has 1 aromatic heterocycles. The van der Waals surface area contributed by atoms with E-state index in [0.717, 1.165) is 17.9 Å². The first-order valence-corrected chi connectivity index (χ1v) is 5.23. The van der Waals surface area contributed by atoms with E-state index < -0.39 is 0 Å². The third-order valence-electron chi connectivity index (χ3n) is 2.89. The van der Waals surface area contributed by atoms with Crippen molar-refractivity contribution in [1.82, 2.24) is 4.98 Å². The molecule has 1 atom stereocenters. The van der Waals surface area contributed by atoms with Crippen LogP contribution in [0.15, 0.2) is 18.3 Å². The Morgan fingerprint density at radius 1 is 1.57 bits per heavy atom. The van der Waals surface area contributed by atoms with Crippen LogP contribution in [0.5, 0.6) is 0 Å². The molecule has 0 unspecified atom stereocenters. The first-order chi connectivity index (χ1) is 6.81. The van der Waals surface area contributed by atoms with E-state index in [9.17, 15) is 0 Å². The van der Waals surface area contributed by atoms with E-state index in [2.05, 4.69) is 28.9 Å². The monoisotopic (exact) mass is 191 g/mol. The van der Waals surface area contributed by atoms with Crippen molar-refractivity contribution >= 4 is 5.82 Å². The van der Waals surface area contributed by atoms with Gasteiger partial charge < -0.3 is 10.6 Å². The molecule has 3 heteroatoms. The summed E-state index contributed by atoms with van der Waals surface area (Å²) in [4.78, 5) is 6.79. The molecule has 0 aliphatic carbocycles. The summed E-state index contributed by atoms with van der Waals surface area (Å²) in [6, 6.07) is 4.77. The van der Waals surface area contributed by atoms with Gasteiger partial charge in [0.15, 0.2) is 0 Å². The van der Waals surface area contributed by atoms with Crippen LogP contribution in [0.3, 0.4) is 0 Å². The summed E-state index contributed by atoms with van der Waals surface area (Å²) in [5.41, 5.74) is 6.62. The SMILES string of the molecule is C[C@H]1CCCN1c1ccc(CN)cn1.